The molecule has 0 saturated carbocycles. The minimum atomic E-state index is -3.49. The van der Waals surface area contributed by atoms with E-state index in [0.29, 0.717) is 13.0 Å². The summed E-state index contributed by atoms with van der Waals surface area (Å²) in [5, 5.41) is 0. The van der Waals surface area contributed by atoms with Gasteiger partial charge in [-0.05, 0) is 47.9 Å². The Bertz CT molecular complexity index is 908. The molecule has 0 atom stereocenters. The minimum Gasteiger partial charge on any atom is -0.312 e. The average molecular weight is 362 g/mol. The van der Waals surface area contributed by atoms with Crippen molar-refractivity contribution in [2.24, 2.45) is 0 Å². The first-order chi connectivity index (χ1) is 11.8. The number of rotatable bonds is 4. The number of halogens is 1. The van der Waals surface area contributed by atoms with Gasteiger partial charge in [0.15, 0.2) is 0 Å². The van der Waals surface area contributed by atoms with E-state index in [1.165, 1.54) is 36.6 Å². The molecule has 25 heavy (non-hydrogen) atoms. The SMILES string of the molecule is CN(C)S(=O)(=O)c1ccc2c(c1)CCN2C(=O)Cc1ccc(F)cc1. The standard InChI is InChI=1S/C18H19FN2O3S/c1-20(2)25(23,24)16-7-8-17-14(12-16)9-10-21(17)18(22)11-13-3-5-15(19)6-4-13/h3-8,12H,9-11H2,1-2H3. The number of hydrogen-bond donors (Lipinski definition) is 0. The van der Waals surface area contributed by atoms with Crippen LogP contribution in [0.25, 0.3) is 0 Å². The van der Waals surface area contributed by atoms with Gasteiger partial charge in [0.2, 0.25) is 15.9 Å². The number of benzene rings is 2. The van der Waals surface area contributed by atoms with Crippen LogP contribution in [0.1, 0.15) is 11.1 Å². The molecule has 0 aromatic heterocycles. The van der Waals surface area contributed by atoms with Crippen molar-refractivity contribution in [2.45, 2.75) is 17.7 Å². The Kier molecular flexibility index (Phi) is 4.62. The second-order valence-electron chi connectivity index (χ2n) is 6.18. The quantitative estimate of drug-likeness (QED) is 0.838. The molecular formula is C18H19FN2O3S. The van der Waals surface area contributed by atoms with Gasteiger partial charge in [-0.3, -0.25) is 4.79 Å². The molecule has 0 aliphatic carbocycles. The van der Waals surface area contributed by atoms with Crippen molar-refractivity contribution in [1.82, 2.24) is 4.31 Å². The molecule has 0 radical (unpaired) electrons. The van der Waals surface area contributed by atoms with Gasteiger partial charge in [0.25, 0.3) is 0 Å². The highest BCUT2D eigenvalue weighted by atomic mass is 32.2. The predicted molar refractivity (Wildman–Crippen MR) is 93.5 cm³/mol. The molecule has 2 aromatic rings. The molecule has 0 spiro atoms. The van der Waals surface area contributed by atoms with E-state index in [-0.39, 0.29) is 23.0 Å². The van der Waals surface area contributed by atoms with Crippen LogP contribution in [0, 0.1) is 5.82 Å². The van der Waals surface area contributed by atoms with E-state index < -0.39 is 10.0 Å². The van der Waals surface area contributed by atoms with Gasteiger partial charge in [-0.1, -0.05) is 12.1 Å². The first kappa shape index (κ1) is 17.6. The molecule has 0 N–H and O–H groups in total. The van der Waals surface area contributed by atoms with E-state index >= 15 is 0 Å². The number of hydrogen-bond acceptors (Lipinski definition) is 3. The van der Waals surface area contributed by atoms with Crippen LogP contribution in [0.15, 0.2) is 47.4 Å². The van der Waals surface area contributed by atoms with Gasteiger partial charge in [-0.15, -0.1) is 0 Å². The summed E-state index contributed by atoms with van der Waals surface area (Å²) < 4.78 is 38.6. The first-order valence-corrected chi connectivity index (χ1v) is 9.33. The molecule has 3 rings (SSSR count). The number of sulfonamides is 1. The van der Waals surface area contributed by atoms with E-state index in [1.807, 2.05) is 0 Å². The molecule has 0 unspecified atom stereocenters. The summed E-state index contributed by atoms with van der Waals surface area (Å²) in [6.07, 6.45) is 0.790. The highest BCUT2D eigenvalue weighted by Crippen LogP contribution is 2.31. The Labute approximate surface area is 146 Å². The van der Waals surface area contributed by atoms with Crippen LogP contribution < -0.4 is 4.90 Å². The number of carbonyl (C=O) groups is 1. The minimum absolute atomic E-state index is 0.0893. The lowest BCUT2D eigenvalue weighted by atomic mass is 10.1. The summed E-state index contributed by atoms with van der Waals surface area (Å²) in [6, 6.07) is 10.7. The normalized spacial score (nSPS) is 14.0. The molecule has 0 saturated heterocycles. The van der Waals surface area contributed by atoms with Crippen molar-refractivity contribution in [2.75, 3.05) is 25.5 Å². The van der Waals surface area contributed by atoms with Crippen LogP contribution in [0.2, 0.25) is 0 Å². The second-order valence-corrected chi connectivity index (χ2v) is 8.33. The molecule has 7 heteroatoms. The molecule has 0 bridgehead atoms. The monoisotopic (exact) mass is 362 g/mol. The van der Waals surface area contributed by atoms with Gasteiger partial charge >= 0.3 is 0 Å². The summed E-state index contributed by atoms with van der Waals surface area (Å²) in [7, 11) is -0.520. The van der Waals surface area contributed by atoms with E-state index in [4.69, 9.17) is 0 Å². The maximum Gasteiger partial charge on any atom is 0.242 e. The molecule has 1 aliphatic rings. The maximum absolute atomic E-state index is 13.0. The average Bonchev–Trinajstić information content (AvgIpc) is 3.00. The van der Waals surface area contributed by atoms with Crippen molar-refractivity contribution < 1.29 is 17.6 Å². The Hall–Kier alpha value is -2.25. The summed E-state index contributed by atoms with van der Waals surface area (Å²) >= 11 is 0. The molecule has 5 nitrogen and oxygen atoms in total. The highest BCUT2D eigenvalue weighted by molar-refractivity contribution is 7.89. The van der Waals surface area contributed by atoms with Gasteiger partial charge in [0, 0.05) is 26.3 Å². The largest absolute Gasteiger partial charge is 0.312 e. The van der Waals surface area contributed by atoms with Crippen LogP contribution in [-0.2, 0) is 27.7 Å². The number of carbonyl (C=O) groups excluding carboxylic acids is 1. The lowest BCUT2D eigenvalue weighted by Gasteiger charge is -2.18. The van der Waals surface area contributed by atoms with E-state index in [2.05, 4.69) is 0 Å². The Morgan fingerprint density at radius 3 is 2.48 bits per heavy atom. The number of fused-ring (bicyclic) bond motifs is 1. The Morgan fingerprint density at radius 1 is 1.16 bits per heavy atom. The summed E-state index contributed by atoms with van der Waals surface area (Å²) in [5.74, 6) is -0.425. The lowest BCUT2D eigenvalue weighted by Crippen LogP contribution is -2.30. The third-order valence-electron chi connectivity index (χ3n) is 4.29. The molecule has 1 amide bonds. The molecular weight excluding hydrogens is 343 g/mol. The molecule has 0 fully saturated rings. The van der Waals surface area contributed by atoms with Crippen molar-refractivity contribution >= 4 is 21.6 Å². The highest BCUT2D eigenvalue weighted by Gasteiger charge is 2.27. The van der Waals surface area contributed by atoms with Crippen LogP contribution in [0.3, 0.4) is 0 Å². The number of nitrogens with zero attached hydrogens (tertiary/aromatic N) is 2. The van der Waals surface area contributed by atoms with Gasteiger partial charge < -0.3 is 4.90 Å². The van der Waals surface area contributed by atoms with Crippen LogP contribution in [0.4, 0.5) is 10.1 Å². The van der Waals surface area contributed by atoms with Gasteiger partial charge in [0.05, 0.1) is 11.3 Å². The third-order valence-corrected chi connectivity index (χ3v) is 6.11. The van der Waals surface area contributed by atoms with Crippen LogP contribution >= 0.6 is 0 Å². The number of anilines is 1. The van der Waals surface area contributed by atoms with E-state index in [9.17, 15) is 17.6 Å². The second kappa shape index (κ2) is 6.57. The fourth-order valence-electron chi connectivity index (χ4n) is 2.88. The summed E-state index contributed by atoms with van der Waals surface area (Å²) in [6.45, 7) is 0.515. The van der Waals surface area contributed by atoms with Crippen molar-refractivity contribution in [3.8, 4) is 0 Å². The van der Waals surface area contributed by atoms with Crippen LogP contribution in [0.5, 0.6) is 0 Å². The predicted octanol–water partition coefficient (Wildman–Crippen LogP) is 2.21. The third kappa shape index (κ3) is 3.43. The fourth-order valence-corrected chi connectivity index (χ4v) is 3.83. The van der Waals surface area contributed by atoms with Crippen molar-refractivity contribution in [3.05, 3.63) is 59.4 Å². The van der Waals surface area contributed by atoms with Gasteiger partial charge in [0.1, 0.15) is 5.82 Å². The Morgan fingerprint density at radius 2 is 1.84 bits per heavy atom. The van der Waals surface area contributed by atoms with Gasteiger partial charge in [-0.25, -0.2) is 17.1 Å². The van der Waals surface area contributed by atoms with E-state index in [1.54, 1.807) is 29.2 Å². The first-order valence-electron chi connectivity index (χ1n) is 7.89. The zero-order valence-electron chi connectivity index (χ0n) is 14.1. The smallest absolute Gasteiger partial charge is 0.242 e. The zero-order valence-corrected chi connectivity index (χ0v) is 14.9. The molecule has 1 heterocycles. The summed E-state index contributed by atoms with van der Waals surface area (Å²) in [4.78, 5) is 14.4. The maximum atomic E-state index is 13.0. The van der Waals surface area contributed by atoms with Crippen molar-refractivity contribution in [1.29, 1.82) is 0 Å². The molecule has 132 valence electrons. The zero-order chi connectivity index (χ0) is 18.2. The van der Waals surface area contributed by atoms with Gasteiger partial charge in [-0.2, -0.15) is 0 Å². The number of amides is 1. The lowest BCUT2D eigenvalue weighted by molar-refractivity contribution is -0.117. The summed E-state index contributed by atoms with van der Waals surface area (Å²) in [5.41, 5.74) is 2.33. The molecule has 1 aliphatic heterocycles. The Balaban J connectivity index is 1.82. The van der Waals surface area contributed by atoms with E-state index in [0.717, 1.165) is 16.8 Å². The molecule has 2 aromatic carbocycles. The van der Waals surface area contributed by atoms with Crippen molar-refractivity contribution in [3.63, 3.8) is 0 Å². The fraction of sp³-hybridized carbons (Fsp3) is 0.278. The topological polar surface area (TPSA) is 57.7 Å². The van der Waals surface area contributed by atoms with Crippen LogP contribution in [-0.4, -0.2) is 39.3 Å².